The molecule has 102 valence electrons. The number of hydrogen-bond donors (Lipinski definition) is 3. The highest BCUT2D eigenvalue weighted by Crippen LogP contribution is 2.28. The predicted molar refractivity (Wildman–Crippen MR) is 71.4 cm³/mol. The van der Waals surface area contributed by atoms with E-state index in [1.54, 1.807) is 18.7 Å². The maximum Gasteiger partial charge on any atom is 0.0897 e. The molecule has 2 atom stereocenters. The molecule has 5 heteroatoms. The molecule has 0 aromatic carbocycles. The maximum atomic E-state index is 9.89. The van der Waals surface area contributed by atoms with Gasteiger partial charge in [0.1, 0.15) is 0 Å². The molecule has 0 aromatic heterocycles. The third-order valence-electron chi connectivity index (χ3n) is 2.70. The summed E-state index contributed by atoms with van der Waals surface area (Å²) in [4.78, 5) is 0. The van der Waals surface area contributed by atoms with Crippen molar-refractivity contribution < 1.29 is 14.9 Å². The second-order valence-corrected chi connectivity index (χ2v) is 6.06. The van der Waals surface area contributed by atoms with E-state index in [4.69, 9.17) is 4.74 Å². The Morgan fingerprint density at radius 1 is 1.53 bits per heavy atom. The van der Waals surface area contributed by atoms with E-state index in [0.717, 1.165) is 12.5 Å². The molecule has 17 heavy (non-hydrogen) atoms. The fourth-order valence-electron chi connectivity index (χ4n) is 1.58. The molecule has 0 saturated heterocycles. The van der Waals surface area contributed by atoms with Gasteiger partial charge in [-0.2, -0.15) is 11.8 Å². The Bertz CT molecular complexity index is 210. The van der Waals surface area contributed by atoms with Crippen LogP contribution in [-0.2, 0) is 4.74 Å². The summed E-state index contributed by atoms with van der Waals surface area (Å²) in [5.41, 5.74) is -0.714. The molecule has 0 radical (unpaired) electrons. The van der Waals surface area contributed by atoms with E-state index in [0.29, 0.717) is 25.4 Å². The molecule has 0 amide bonds. The predicted octanol–water partition coefficient (Wildman–Crippen LogP) is 0.477. The fraction of sp³-hybridized carbons (Fsp3) is 1.00. The highest BCUT2D eigenvalue weighted by atomic mass is 32.2. The Kier molecular flexibility index (Phi) is 6.80. The lowest BCUT2D eigenvalue weighted by molar-refractivity contribution is 0.0272. The first-order valence-corrected chi connectivity index (χ1v) is 7.61. The molecule has 4 nitrogen and oxygen atoms in total. The zero-order chi connectivity index (χ0) is 12.7. The molecule has 0 heterocycles. The molecule has 0 spiro atoms. The molecule has 1 rings (SSSR count). The molecular formula is C12H25NO3S. The fourth-order valence-corrected chi connectivity index (χ4v) is 2.31. The van der Waals surface area contributed by atoms with Gasteiger partial charge in [-0.1, -0.05) is 0 Å². The van der Waals surface area contributed by atoms with Crippen LogP contribution in [-0.4, -0.2) is 60.2 Å². The summed E-state index contributed by atoms with van der Waals surface area (Å²) in [5.74, 6) is 1.42. The largest absolute Gasteiger partial charge is 0.389 e. The van der Waals surface area contributed by atoms with Crippen LogP contribution >= 0.6 is 11.8 Å². The van der Waals surface area contributed by atoms with Gasteiger partial charge >= 0.3 is 0 Å². The van der Waals surface area contributed by atoms with Crippen LogP contribution in [0.1, 0.15) is 19.8 Å². The average Bonchev–Trinajstić information content (AvgIpc) is 3.01. The summed E-state index contributed by atoms with van der Waals surface area (Å²) in [6.07, 6.45) is 4.02. The number of aliphatic hydroxyl groups excluding tert-OH is 1. The minimum Gasteiger partial charge on any atom is -0.389 e. The lowest BCUT2D eigenvalue weighted by Crippen LogP contribution is -2.43. The van der Waals surface area contributed by atoms with Crippen molar-refractivity contribution in [1.29, 1.82) is 0 Å². The summed E-state index contributed by atoms with van der Waals surface area (Å²) in [7, 11) is 0. The highest BCUT2D eigenvalue weighted by Gasteiger charge is 2.22. The van der Waals surface area contributed by atoms with Gasteiger partial charge in [0, 0.05) is 25.4 Å². The number of thioether (sulfide) groups is 1. The summed E-state index contributed by atoms with van der Waals surface area (Å²) in [6, 6.07) is 0. The van der Waals surface area contributed by atoms with E-state index in [1.807, 2.05) is 6.26 Å². The molecule has 1 aliphatic carbocycles. The van der Waals surface area contributed by atoms with Gasteiger partial charge in [-0.3, -0.25) is 0 Å². The van der Waals surface area contributed by atoms with Gasteiger partial charge in [0.15, 0.2) is 0 Å². The van der Waals surface area contributed by atoms with E-state index in [2.05, 4.69) is 5.32 Å². The molecular weight excluding hydrogens is 238 g/mol. The van der Waals surface area contributed by atoms with Gasteiger partial charge in [-0.05, 0) is 31.9 Å². The first-order valence-electron chi connectivity index (χ1n) is 6.21. The average molecular weight is 263 g/mol. The summed E-state index contributed by atoms with van der Waals surface area (Å²) in [5, 5.41) is 22.6. The zero-order valence-electron chi connectivity index (χ0n) is 10.8. The van der Waals surface area contributed by atoms with Gasteiger partial charge in [-0.15, -0.1) is 0 Å². The van der Waals surface area contributed by atoms with E-state index < -0.39 is 11.7 Å². The topological polar surface area (TPSA) is 61.7 Å². The standard InChI is InChI=1S/C12H25NO3S/c1-12(15,9-17-2)8-13-5-11(14)7-16-6-10-3-4-10/h10-11,13-15H,3-9H2,1-2H3. The molecule has 2 unspecified atom stereocenters. The monoisotopic (exact) mass is 263 g/mol. The lowest BCUT2D eigenvalue weighted by Gasteiger charge is -2.23. The van der Waals surface area contributed by atoms with Crippen molar-refractivity contribution in [1.82, 2.24) is 5.32 Å². The van der Waals surface area contributed by atoms with Crippen molar-refractivity contribution in [2.45, 2.75) is 31.5 Å². The van der Waals surface area contributed by atoms with Crippen LogP contribution in [0, 0.1) is 5.92 Å². The van der Waals surface area contributed by atoms with Gasteiger partial charge in [0.2, 0.25) is 0 Å². The first kappa shape index (κ1) is 15.2. The van der Waals surface area contributed by atoms with Crippen LogP contribution in [0.5, 0.6) is 0 Å². The van der Waals surface area contributed by atoms with Crippen LogP contribution in [0.3, 0.4) is 0 Å². The number of rotatable bonds is 10. The van der Waals surface area contributed by atoms with Crippen molar-refractivity contribution in [3.63, 3.8) is 0 Å². The van der Waals surface area contributed by atoms with Gasteiger partial charge in [0.25, 0.3) is 0 Å². The Labute approximate surface area is 108 Å². The second-order valence-electron chi connectivity index (χ2n) is 5.20. The van der Waals surface area contributed by atoms with Gasteiger partial charge in [-0.25, -0.2) is 0 Å². The Morgan fingerprint density at radius 2 is 2.24 bits per heavy atom. The number of nitrogens with one attached hydrogen (secondary N) is 1. The number of ether oxygens (including phenoxy) is 1. The van der Waals surface area contributed by atoms with Gasteiger partial charge < -0.3 is 20.3 Å². The summed E-state index contributed by atoms with van der Waals surface area (Å²) < 4.78 is 5.39. The van der Waals surface area contributed by atoms with Crippen LogP contribution in [0.4, 0.5) is 0 Å². The zero-order valence-corrected chi connectivity index (χ0v) is 11.6. The SMILES string of the molecule is CSCC(C)(O)CNCC(O)COCC1CC1. The molecule has 0 aromatic rings. The minimum absolute atomic E-state index is 0.383. The maximum absolute atomic E-state index is 9.89. The van der Waals surface area contributed by atoms with Crippen molar-refractivity contribution >= 4 is 11.8 Å². The minimum atomic E-state index is -0.714. The Morgan fingerprint density at radius 3 is 2.82 bits per heavy atom. The third-order valence-corrected chi connectivity index (χ3v) is 3.61. The molecule has 0 aliphatic heterocycles. The van der Waals surface area contributed by atoms with Crippen molar-refractivity contribution in [3.05, 3.63) is 0 Å². The lowest BCUT2D eigenvalue weighted by atomic mass is 10.1. The number of aliphatic hydroxyl groups is 2. The van der Waals surface area contributed by atoms with Crippen LogP contribution in [0.25, 0.3) is 0 Å². The Balaban J connectivity index is 1.96. The van der Waals surface area contributed by atoms with Crippen molar-refractivity contribution in [3.8, 4) is 0 Å². The third kappa shape index (κ3) is 8.00. The molecule has 1 aliphatic rings. The molecule has 1 fully saturated rings. The van der Waals surface area contributed by atoms with Crippen LogP contribution in [0.15, 0.2) is 0 Å². The van der Waals surface area contributed by atoms with Crippen LogP contribution in [0.2, 0.25) is 0 Å². The van der Waals surface area contributed by atoms with Crippen molar-refractivity contribution in [2.24, 2.45) is 5.92 Å². The van der Waals surface area contributed by atoms with Crippen LogP contribution < -0.4 is 5.32 Å². The number of hydrogen-bond acceptors (Lipinski definition) is 5. The van der Waals surface area contributed by atoms with Gasteiger partial charge in [0.05, 0.1) is 18.3 Å². The highest BCUT2D eigenvalue weighted by molar-refractivity contribution is 7.98. The quantitative estimate of drug-likeness (QED) is 0.535. The summed E-state index contributed by atoms with van der Waals surface area (Å²) in [6.45, 7) is 3.92. The smallest absolute Gasteiger partial charge is 0.0897 e. The van der Waals surface area contributed by atoms with E-state index in [9.17, 15) is 10.2 Å². The first-order chi connectivity index (χ1) is 8.03. The van der Waals surface area contributed by atoms with Crippen molar-refractivity contribution in [2.75, 3.05) is 38.3 Å². The summed E-state index contributed by atoms with van der Waals surface area (Å²) >= 11 is 1.61. The normalized spacial score (nSPS) is 21.2. The van der Waals surface area contributed by atoms with E-state index in [1.165, 1.54) is 12.8 Å². The van der Waals surface area contributed by atoms with E-state index in [-0.39, 0.29) is 0 Å². The molecule has 0 bridgehead atoms. The van der Waals surface area contributed by atoms with E-state index >= 15 is 0 Å². The second kappa shape index (κ2) is 7.59. The molecule has 3 N–H and O–H groups in total. The molecule has 1 saturated carbocycles. The Hall–Kier alpha value is 0.190.